The van der Waals surface area contributed by atoms with Crippen molar-refractivity contribution in [1.29, 1.82) is 0 Å². The van der Waals surface area contributed by atoms with E-state index in [0.29, 0.717) is 24.5 Å². The molecule has 1 aliphatic rings. The van der Waals surface area contributed by atoms with Crippen molar-refractivity contribution in [3.63, 3.8) is 0 Å². The monoisotopic (exact) mass is 294 g/mol. The number of carbonyl (C=O) groups is 1. The molecule has 2 atom stereocenters. The molecule has 1 fully saturated rings. The van der Waals surface area contributed by atoms with Crippen LogP contribution in [0.1, 0.15) is 25.3 Å². The number of ether oxygens (including phenoxy) is 3. The molecule has 0 bridgehead atoms. The quantitative estimate of drug-likeness (QED) is 0.873. The molecule has 0 aromatic heterocycles. The molecule has 116 valence electrons. The largest absolute Gasteiger partial charge is 0.493 e. The van der Waals surface area contributed by atoms with Crippen LogP contribution in [0.4, 0.5) is 0 Å². The molecule has 1 aromatic rings. The van der Waals surface area contributed by atoms with Gasteiger partial charge in [0.1, 0.15) is 6.10 Å². The van der Waals surface area contributed by atoms with E-state index in [1.807, 2.05) is 18.2 Å². The van der Waals surface area contributed by atoms with Gasteiger partial charge in [0.15, 0.2) is 11.5 Å². The van der Waals surface area contributed by atoms with Crippen LogP contribution in [-0.2, 0) is 16.0 Å². The van der Waals surface area contributed by atoms with E-state index in [1.54, 1.807) is 14.0 Å². The maximum atomic E-state index is 11.0. The molecule has 2 unspecified atom stereocenters. The minimum Gasteiger partial charge on any atom is -0.493 e. The Morgan fingerprint density at radius 2 is 2.29 bits per heavy atom. The van der Waals surface area contributed by atoms with Crippen molar-refractivity contribution in [2.24, 2.45) is 5.92 Å². The third-order valence-electron chi connectivity index (χ3n) is 3.60. The summed E-state index contributed by atoms with van der Waals surface area (Å²) in [5.41, 5.74) is 0.928. The second kappa shape index (κ2) is 7.31. The van der Waals surface area contributed by atoms with Gasteiger partial charge in [-0.2, -0.15) is 0 Å². The molecule has 21 heavy (non-hydrogen) atoms. The van der Waals surface area contributed by atoms with E-state index in [0.717, 1.165) is 25.0 Å². The highest BCUT2D eigenvalue weighted by molar-refractivity contribution is 5.70. The molecule has 0 aliphatic carbocycles. The van der Waals surface area contributed by atoms with Gasteiger partial charge < -0.3 is 19.3 Å². The highest BCUT2D eigenvalue weighted by Crippen LogP contribution is 2.31. The van der Waals surface area contributed by atoms with Gasteiger partial charge in [0.05, 0.1) is 19.6 Å². The molecule has 0 radical (unpaired) electrons. The number of carboxylic acids is 1. The third kappa shape index (κ3) is 4.36. The van der Waals surface area contributed by atoms with E-state index in [1.165, 1.54) is 0 Å². The van der Waals surface area contributed by atoms with Gasteiger partial charge in [0.2, 0.25) is 0 Å². The SMILES string of the molecule is COc1ccc(CC(C)C(=O)O)cc1OC1CCCOC1. The van der Waals surface area contributed by atoms with Gasteiger partial charge in [-0.25, -0.2) is 0 Å². The van der Waals surface area contributed by atoms with Gasteiger partial charge >= 0.3 is 5.97 Å². The van der Waals surface area contributed by atoms with Gasteiger partial charge in [0.25, 0.3) is 0 Å². The van der Waals surface area contributed by atoms with E-state index in [9.17, 15) is 4.79 Å². The Morgan fingerprint density at radius 3 is 2.90 bits per heavy atom. The van der Waals surface area contributed by atoms with E-state index in [2.05, 4.69) is 0 Å². The van der Waals surface area contributed by atoms with Crippen LogP contribution in [-0.4, -0.2) is 37.5 Å². The second-order valence-corrected chi connectivity index (χ2v) is 5.39. The average molecular weight is 294 g/mol. The molecule has 0 saturated carbocycles. The number of carboxylic acid groups (broad SMARTS) is 1. The highest BCUT2D eigenvalue weighted by Gasteiger charge is 2.19. The number of hydrogen-bond acceptors (Lipinski definition) is 4. The molecule has 0 amide bonds. The van der Waals surface area contributed by atoms with Crippen LogP contribution in [0, 0.1) is 5.92 Å². The van der Waals surface area contributed by atoms with Crippen LogP contribution < -0.4 is 9.47 Å². The maximum absolute atomic E-state index is 11.0. The minimum absolute atomic E-state index is 0.0276. The van der Waals surface area contributed by atoms with Crippen LogP contribution in [0.2, 0.25) is 0 Å². The van der Waals surface area contributed by atoms with Crippen molar-refractivity contribution in [2.45, 2.75) is 32.3 Å². The summed E-state index contributed by atoms with van der Waals surface area (Å²) in [5, 5.41) is 9.00. The average Bonchev–Trinajstić information content (AvgIpc) is 2.48. The number of methoxy groups -OCH3 is 1. The summed E-state index contributed by atoms with van der Waals surface area (Å²) in [6.07, 6.45) is 2.44. The lowest BCUT2D eigenvalue weighted by Gasteiger charge is -2.24. The van der Waals surface area contributed by atoms with Crippen molar-refractivity contribution in [2.75, 3.05) is 20.3 Å². The zero-order valence-electron chi connectivity index (χ0n) is 12.5. The number of hydrogen-bond donors (Lipinski definition) is 1. The van der Waals surface area contributed by atoms with Crippen LogP contribution in [0.25, 0.3) is 0 Å². The molecule has 2 rings (SSSR count). The van der Waals surface area contributed by atoms with E-state index >= 15 is 0 Å². The Morgan fingerprint density at radius 1 is 1.48 bits per heavy atom. The van der Waals surface area contributed by atoms with Gasteiger partial charge in [-0.3, -0.25) is 4.79 Å². The fourth-order valence-corrected chi connectivity index (χ4v) is 2.36. The molecular weight excluding hydrogens is 272 g/mol. The number of rotatable bonds is 6. The Labute approximate surface area is 124 Å². The lowest BCUT2D eigenvalue weighted by molar-refractivity contribution is -0.141. The molecule has 1 saturated heterocycles. The van der Waals surface area contributed by atoms with Crippen molar-refractivity contribution in [1.82, 2.24) is 0 Å². The van der Waals surface area contributed by atoms with Gasteiger partial charge in [-0.05, 0) is 37.0 Å². The maximum Gasteiger partial charge on any atom is 0.306 e. The van der Waals surface area contributed by atoms with Gasteiger partial charge in [-0.1, -0.05) is 13.0 Å². The minimum atomic E-state index is -0.797. The van der Waals surface area contributed by atoms with E-state index < -0.39 is 11.9 Å². The lowest BCUT2D eigenvalue weighted by atomic mass is 10.0. The predicted molar refractivity (Wildman–Crippen MR) is 78.0 cm³/mol. The van der Waals surface area contributed by atoms with Gasteiger partial charge in [0, 0.05) is 6.61 Å². The summed E-state index contributed by atoms with van der Waals surface area (Å²) in [5.74, 6) is 0.0913. The third-order valence-corrected chi connectivity index (χ3v) is 3.60. The lowest BCUT2D eigenvalue weighted by Crippen LogP contribution is -2.28. The van der Waals surface area contributed by atoms with Crippen LogP contribution in [0.3, 0.4) is 0 Å². The smallest absolute Gasteiger partial charge is 0.306 e. The first-order valence-electron chi connectivity index (χ1n) is 7.24. The molecular formula is C16H22O5. The first-order valence-corrected chi connectivity index (χ1v) is 7.24. The summed E-state index contributed by atoms with van der Waals surface area (Å²) >= 11 is 0. The van der Waals surface area contributed by atoms with Crippen molar-refractivity contribution < 1.29 is 24.1 Å². The van der Waals surface area contributed by atoms with Crippen molar-refractivity contribution >= 4 is 5.97 Å². The Kier molecular flexibility index (Phi) is 5.44. The molecule has 1 aliphatic heterocycles. The summed E-state index contributed by atoms with van der Waals surface area (Å²) in [6, 6.07) is 5.57. The topological polar surface area (TPSA) is 65.0 Å². The number of benzene rings is 1. The normalized spacial score (nSPS) is 19.8. The molecule has 1 N–H and O–H groups in total. The molecule has 1 aromatic carbocycles. The molecule has 5 heteroatoms. The first kappa shape index (κ1) is 15.6. The summed E-state index contributed by atoms with van der Waals surface area (Å²) in [7, 11) is 1.60. The van der Waals surface area contributed by atoms with Crippen LogP contribution in [0.15, 0.2) is 18.2 Å². The van der Waals surface area contributed by atoms with Crippen molar-refractivity contribution in [3.8, 4) is 11.5 Å². The van der Waals surface area contributed by atoms with Crippen LogP contribution in [0.5, 0.6) is 11.5 Å². The molecule has 0 spiro atoms. The Hall–Kier alpha value is -1.75. The second-order valence-electron chi connectivity index (χ2n) is 5.39. The molecule has 1 heterocycles. The fourth-order valence-electron chi connectivity index (χ4n) is 2.36. The standard InChI is InChI=1S/C16H22O5/c1-11(16(17)18)8-12-5-6-14(19-2)15(9-12)21-13-4-3-7-20-10-13/h5-6,9,11,13H,3-4,7-8,10H2,1-2H3,(H,17,18). The molecule has 5 nitrogen and oxygen atoms in total. The van der Waals surface area contributed by atoms with Crippen molar-refractivity contribution in [3.05, 3.63) is 23.8 Å². The Bertz CT molecular complexity index is 480. The summed E-state index contributed by atoms with van der Waals surface area (Å²) in [6.45, 7) is 3.06. The zero-order valence-corrected chi connectivity index (χ0v) is 12.5. The predicted octanol–water partition coefficient (Wildman–Crippen LogP) is 2.52. The number of aliphatic carboxylic acids is 1. The summed E-state index contributed by atoms with van der Waals surface area (Å²) < 4.78 is 16.7. The zero-order chi connectivity index (χ0) is 15.2. The van der Waals surface area contributed by atoms with Crippen LogP contribution >= 0.6 is 0 Å². The van der Waals surface area contributed by atoms with E-state index in [-0.39, 0.29) is 6.10 Å². The van der Waals surface area contributed by atoms with Gasteiger partial charge in [-0.15, -0.1) is 0 Å². The first-order chi connectivity index (χ1) is 10.1. The van der Waals surface area contributed by atoms with E-state index in [4.69, 9.17) is 19.3 Å². The Balaban J connectivity index is 2.11. The highest BCUT2D eigenvalue weighted by atomic mass is 16.5. The summed E-state index contributed by atoms with van der Waals surface area (Å²) in [4.78, 5) is 11.0. The fraction of sp³-hybridized carbons (Fsp3) is 0.562.